The molecule has 0 aliphatic carbocycles. The van der Waals surface area contributed by atoms with Crippen molar-refractivity contribution >= 4 is 105 Å². The zero-order valence-corrected chi connectivity index (χ0v) is 85.8. The Morgan fingerprint density at radius 1 is 0.372 bits per heavy atom. The molecule has 756 valence electrons. The number of rotatable bonds is 28. The molecular formula is C117H123N21O10. The van der Waals surface area contributed by atoms with Crippen molar-refractivity contribution in [1.82, 2.24) is 68.9 Å². The Balaban J connectivity index is 0.000000132. The summed E-state index contributed by atoms with van der Waals surface area (Å²) in [4.78, 5) is 161. The smallest absolute Gasteiger partial charge is 0.411 e. The number of nitrogens with one attached hydrogen (secondary N) is 6. The fraction of sp³-hybridized carbons (Fsp3) is 0.282. The van der Waals surface area contributed by atoms with Gasteiger partial charge >= 0.3 is 17.5 Å². The summed E-state index contributed by atoms with van der Waals surface area (Å²) in [5, 5.41) is 3.76. The van der Waals surface area contributed by atoms with Crippen molar-refractivity contribution < 1.29 is 14.3 Å². The van der Waals surface area contributed by atoms with Gasteiger partial charge in [0.25, 0.3) is 27.8 Å². The third kappa shape index (κ3) is 24.7. The van der Waals surface area contributed by atoms with Gasteiger partial charge in [-0.05, 0) is 267 Å². The molecule has 0 unspecified atom stereocenters. The van der Waals surface area contributed by atoms with Gasteiger partial charge in [-0.2, -0.15) is 9.97 Å². The summed E-state index contributed by atoms with van der Waals surface area (Å²) in [7, 11) is 0. The Hall–Kier alpha value is -17.1. The molecule has 0 spiro atoms. The maximum Gasteiger partial charge on any atom is 0.411 e. The van der Waals surface area contributed by atoms with E-state index in [0.29, 0.717) is 94.9 Å². The highest BCUT2D eigenvalue weighted by Gasteiger charge is 2.30. The van der Waals surface area contributed by atoms with Gasteiger partial charge in [-0.15, -0.1) is 0 Å². The second kappa shape index (κ2) is 47.2. The van der Waals surface area contributed by atoms with Crippen molar-refractivity contribution in [2.45, 2.75) is 192 Å². The maximum atomic E-state index is 12.6. The Morgan fingerprint density at radius 3 is 1.22 bits per heavy atom. The number of amides is 1. The molecule has 0 atom stereocenters. The van der Waals surface area contributed by atoms with Crippen LogP contribution < -0.4 is 96.4 Å². The molecule has 0 radical (unpaired) electrons. The minimum absolute atomic E-state index is 0.207. The maximum absolute atomic E-state index is 12.6. The molecule has 148 heavy (non-hydrogen) atoms. The normalized spacial score (nSPS) is 11.9. The van der Waals surface area contributed by atoms with E-state index in [9.17, 15) is 38.4 Å². The quantitative estimate of drug-likeness (QED) is 0.0248. The topological polar surface area (TPSA) is 393 Å². The van der Waals surface area contributed by atoms with Gasteiger partial charge in [0.1, 0.15) is 22.2 Å². The van der Waals surface area contributed by atoms with E-state index in [0.717, 1.165) is 164 Å². The molecule has 10 heterocycles. The predicted molar refractivity (Wildman–Crippen MR) is 586 cm³/mol. The van der Waals surface area contributed by atoms with Gasteiger partial charge in [0, 0.05) is 44.5 Å². The first-order valence-corrected chi connectivity index (χ1v) is 50.5. The first-order chi connectivity index (χ1) is 71.4. The summed E-state index contributed by atoms with van der Waals surface area (Å²) < 4.78 is 14.9. The van der Waals surface area contributed by atoms with Crippen molar-refractivity contribution in [3.63, 3.8) is 0 Å². The number of hydrogen-bond donors (Lipinski definition) is 6. The van der Waals surface area contributed by atoms with Gasteiger partial charge in [-0.25, -0.2) is 54.3 Å². The molecule has 10 aromatic carbocycles. The molecule has 0 saturated carbocycles. The fourth-order valence-electron chi connectivity index (χ4n) is 18.9. The number of carbonyl (C=O) groups is 1. The predicted octanol–water partition coefficient (Wildman–Crippen LogP) is 16.4. The molecule has 3 aromatic heterocycles. The summed E-state index contributed by atoms with van der Waals surface area (Å²) in [6, 6.07) is 70.1. The van der Waals surface area contributed by atoms with Crippen molar-refractivity contribution in [3.05, 3.63) is 389 Å². The number of aromatic nitrogens is 14. The molecule has 7 aliphatic heterocycles. The number of fused-ring (bicyclic) bond motifs is 10. The lowest BCUT2D eigenvalue weighted by atomic mass is 10.0. The highest BCUT2D eigenvalue weighted by atomic mass is 16.6. The van der Waals surface area contributed by atoms with Crippen molar-refractivity contribution in [2.24, 2.45) is 15.0 Å². The Morgan fingerprint density at radius 2 is 0.770 bits per heavy atom. The minimum atomic E-state index is -0.641. The molecule has 31 nitrogen and oxygen atoms in total. The van der Waals surface area contributed by atoms with Crippen molar-refractivity contribution in [1.29, 1.82) is 0 Å². The number of benzene rings is 10. The Kier molecular flexibility index (Phi) is 33.1. The molecule has 31 heteroatoms. The zero-order chi connectivity index (χ0) is 105. The van der Waals surface area contributed by atoms with Crippen LogP contribution in [0.25, 0.3) is 64.8 Å². The molecule has 0 bridgehead atoms. The molecule has 6 N–H and O–H groups in total. The van der Waals surface area contributed by atoms with Crippen LogP contribution in [-0.2, 0) is 69.2 Å². The van der Waals surface area contributed by atoms with E-state index in [1.165, 1.54) is 66.8 Å². The van der Waals surface area contributed by atoms with E-state index in [-0.39, 0.29) is 45.0 Å². The molecule has 13 aromatic rings. The van der Waals surface area contributed by atoms with Crippen LogP contribution in [0.1, 0.15) is 158 Å². The lowest BCUT2D eigenvalue weighted by Gasteiger charge is -2.29. The monoisotopic (exact) mass is 1980 g/mol. The van der Waals surface area contributed by atoms with Crippen LogP contribution in [0.15, 0.2) is 255 Å². The highest BCUT2D eigenvalue weighted by Crippen LogP contribution is 2.43. The van der Waals surface area contributed by atoms with Gasteiger partial charge in [0.05, 0.1) is 68.9 Å². The average Bonchev–Trinajstić information content (AvgIpc) is 0.675. The average molecular weight is 1980 g/mol. The standard InChI is InChI=1S/C25H27N5O3.3C23H24N4O2.C23H24N4O/c1-15(2)33-25(32)29-19-14-21-20(13-16(19)3)28-22-23(26-17(4)27-24(22)31)30(21)12-8-11-18-9-6-5-7-10-18;1-4-17-13-18-19(12-15(17)3)27(10-6-9-16-8-5-7-14(2)11-16)21-20(24-18)22(28)26-23(29)25-21;1-4-29-20-14-19-18(13-15(20)2)26-21-22(24-16(3)25-23(21)28)27(19)12-8-11-17-9-6-5-7-10-17;1-3-6-16-10-11-19-18(14-16)24-20-21(25-23(29)26-22(20)28)27(19)12-5-9-17-8-4-7-15(2)13-17;1-4-18-14-19-20(13-15(18)2)27(12-8-11-17-9-6-5-7-10-17)22-21(26-19)23(28)25-16(3)24-22/h5-7,9-10,13-15H,4,8,11-12H2,1-3H3,(H,27,31)(H,29,32);5,7-8,11-13H,4,6,9-10H2,1-3H3,(H,26,28,29);5-7,9-10,13-14H,3-4,8,11-12H2,1-2H3,(H,25,28);4,7-8,10-11,13-14H,3,5-6,9,12H2,1-2H3,(H,26,28,29);5-7,9-10,13-14H,3-4,8,11-12H2,1-2H3,(H,25,28). The summed E-state index contributed by atoms with van der Waals surface area (Å²) in [5.74, 6) is 3.11. The van der Waals surface area contributed by atoms with Crippen LogP contribution in [0.2, 0.25) is 0 Å². The largest absolute Gasteiger partial charge is 0.494 e. The molecule has 0 saturated heterocycles. The van der Waals surface area contributed by atoms with Gasteiger partial charge in [-0.3, -0.25) is 39.3 Å². The van der Waals surface area contributed by atoms with Crippen LogP contribution in [0.3, 0.4) is 0 Å². The second-order valence-corrected chi connectivity index (χ2v) is 37.5. The summed E-state index contributed by atoms with van der Waals surface area (Å²) in [6.07, 6.45) is 12.0. The number of aromatic amines is 5. The van der Waals surface area contributed by atoms with Gasteiger partial charge in [0.15, 0.2) is 56.6 Å². The number of carbonyl (C=O) groups excluding carboxylic acids is 1. The van der Waals surface area contributed by atoms with E-state index in [1.807, 2.05) is 120 Å². The first-order valence-electron chi connectivity index (χ1n) is 50.5. The first kappa shape index (κ1) is 104. The van der Waals surface area contributed by atoms with Crippen LogP contribution in [0.4, 0.5) is 62.1 Å². The number of H-pyrrole nitrogens is 5. The van der Waals surface area contributed by atoms with Crippen LogP contribution in [-0.4, -0.2) is 107 Å². The number of anilines is 7. The van der Waals surface area contributed by atoms with Gasteiger partial charge in [-0.1, -0.05) is 204 Å². The minimum Gasteiger partial charge on any atom is -0.494 e. The van der Waals surface area contributed by atoms with E-state index in [4.69, 9.17) is 9.47 Å². The van der Waals surface area contributed by atoms with E-state index in [1.54, 1.807) is 13.8 Å². The van der Waals surface area contributed by atoms with E-state index in [2.05, 4.69) is 279 Å². The summed E-state index contributed by atoms with van der Waals surface area (Å²) >= 11 is 0. The highest BCUT2D eigenvalue weighted by molar-refractivity contribution is 5.90. The van der Waals surface area contributed by atoms with Crippen LogP contribution in [0, 0.1) is 41.5 Å². The zero-order valence-electron chi connectivity index (χ0n) is 85.8. The Bertz CT molecular complexity index is 8580. The van der Waals surface area contributed by atoms with Crippen LogP contribution >= 0.6 is 0 Å². The SMILES string of the molecule is C=c1nc2c(c(=O)[nH]1)=Nc1cc(C)c(NC(=O)OC(C)C)cc1N2CCCc1ccccc1.C=c1nc2c(c(=O)[nH]1)=Nc1cc(C)c(OCC)cc1N2CCCc1ccccc1.C=c1nc2c(c(=O)[nH]1)=Nc1cc(CC)c(C)cc1N2CCCc1ccccc1.CCCc1ccc2c(c1)nc1c(=O)[nH]c(=O)nc-1n2CCCc1cccc(C)c1.CCc1cc2nc3c(=O)[nH]c(=O)nc-3n(CCCc3cccc(C)c3)c2cc1C. The number of nitrogens with zero attached hydrogens (tertiary/aromatic N) is 15. The number of aryl methyl sites for hydroxylation is 16. The number of ether oxygens (including phenoxy) is 2. The lowest BCUT2D eigenvalue weighted by molar-refractivity contribution is 0.130. The van der Waals surface area contributed by atoms with Crippen molar-refractivity contribution in [3.8, 4) is 28.8 Å². The molecule has 0 fully saturated rings. The summed E-state index contributed by atoms with van der Waals surface area (Å²) in [6.45, 7) is 39.5. The molecular weight excluding hydrogens is 1860 g/mol. The van der Waals surface area contributed by atoms with E-state index < -0.39 is 28.6 Å². The van der Waals surface area contributed by atoms with Crippen LogP contribution in [0.5, 0.6) is 5.75 Å². The van der Waals surface area contributed by atoms with E-state index >= 15 is 0 Å². The third-order valence-electron chi connectivity index (χ3n) is 26.0. The third-order valence-corrected chi connectivity index (χ3v) is 26.0. The fourth-order valence-corrected chi connectivity index (χ4v) is 18.9. The summed E-state index contributed by atoms with van der Waals surface area (Å²) in [5.41, 5.74) is 23.7. The molecule has 1 amide bonds. The van der Waals surface area contributed by atoms with Gasteiger partial charge < -0.3 is 48.3 Å². The lowest BCUT2D eigenvalue weighted by Crippen LogP contribution is -2.42. The second-order valence-electron chi connectivity index (χ2n) is 37.5. The molecule has 7 aliphatic rings. The van der Waals surface area contributed by atoms with Gasteiger partial charge in [0.2, 0.25) is 0 Å². The number of hydrogen-bond acceptors (Lipinski definition) is 23. The van der Waals surface area contributed by atoms with Crippen molar-refractivity contribution in [2.75, 3.05) is 46.3 Å². The Labute approximate surface area is 855 Å². The molecule has 20 rings (SSSR count).